The summed E-state index contributed by atoms with van der Waals surface area (Å²) in [5, 5.41) is 6.20. The molecule has 5 heteroatoms. The van der Waals surface area contributed by atoms with E-state index in [0.29, 0.717) is 0 Å². The monoisotopic (exact) mass is 360 g/mol. The van der Waals surface area contributed by atoms with Crippen LogP contribution in [0.4, 0.5) is 5.69 Å². The van der Waals surface area contributed by atoms with Crippen LogP contribution in [0.3, 0.4) is 0 Å². The summed E-state index contributed by atoms with van der Waals surface area (Å²) in [5.41, 5.74) is 0.348. The number of carbonyl (C=O) groups excluding carboxylic acids is 1. The van der Waals surface area contributed by atoms with Gasteiger partial charge in [-0.15, -0.1) is 0 Å². The van der Waals surface area contributed by atoms with Gasteiger partial charge in [0.1, 0.15) is 0 Å². The summed E-state index contributed by atoms with van der Waals surface area (Å²) in [6.45, 7) is 2.85. The summed E-state index contributed by atoms with van der Waals surface area (Å²) >= 11 is 6.82. The van der Waals surface area contributed by atoms with E-state index in [1.54, 1.807) is 0 Å². The highest BCUT2D eigenvalue weighted by atomic mass is 79.9. The Morgan fingerprint density at radius 1 is 1.47 bits per heavy atom. The van der Waals surface area contributed by atoms with Crippen LogP contribution < -0.4 is 10.6 Å². The van der Waals surface area contributed by atoms with Crippen LogP contribution in [-0.2, 0) is 4.79 Å². The van der Waals surface area contributed by atoms with Gasteiger partial charge in [0.15, 0.2) is 0 Å². The Kier molecular flexibility index (Phi) is 3.90. The minimum Gasteiger partial charge on any atom is -0.323 e. The largest absolute Gasteiger partial charge is 0.323 e. The first-order valence-electron chi connectivity index (χ1n) is 5.53. The number of nitrogens with one attached hydrogen (secondary N) is 2. The van der Waals surface area contributed by atoms with E-state index in [-0.39, 0.29) is 5.91 Å². The Morgan fingerprint density at radius 2 is 2.24 bits per heavy atom. The molecule has 1 fully saturated rings. The highest BCUT2D eigenvalue weighted by molar-refractivity contribution is 9.11. The van der Waals surface area contributed by atoms with Crippen LogP contribution in [0, 0.1) is 0 Å². The Morgan fingerprint density at radius 3 is 2.88 bits per heavy atom. The third-order valence-electron chi connectivity index (χ3n) is 3.05. The normalized spacial score (nSPS) is 23.7. The summed E-state index contributed by atoms with van der Waals surface area (Å²) in [4.78, 5) is 12.2. The van der Waals surface area contributed by atoms with Gasteiger partial charge in [0.2, 0.25) is 5.91 Å². The maximum Gasteiger partial charge on any atom is 0.244 e. The van der Waals surface area contributed by atoms with Gasteiger partial charge in [-0.2, -0.15) is 0 Å². The second-order valence-corrected chi connectivity index (χ2v) is 6.21. The first-order valence-corrected chi connectivity index (χ1v) is 7.11. The molecule has 0 radical (unpaired) electrons. The highest BCUT2D eigenvalue weighted by Gasteiger charge is 2.35. The highest BCUT2D eigenvalue weighted by Crippen LogP contribution is 2.28. The smallest absolute Gasteiger partial charge is 0.244 e. The molecular weight excluding hydrogens is 348 g/mol. The fourth-order valence-electron chi connectivity index (χ4n) is 1.94. The first kappa shape index (κ1) is 13.1. The standard InChI is InChI=1S/C12H14Br2N2O/c1-12(5-2-6-15-12)11(17)16-10-7-8(13)3-4-9(10)14/h3-4,7,15H,2,5-6H2,1H3,(H,16,17). The van der Waals surface area contributed by atoms with Crippen LogP contribution in [0.2, 0.25) is 0 Å². The van der Waals surface area contributed by atoms with Crippen molar-refractivity contribution in [1.29, 1.82) is 0 Å². The van der Waals surface area contributed by atoms with Gasteiger partial charge in [0.05, 0.1) is 11.2 Å². The van der Waals surface area contributed by atoms with Crippen molar-refractivity contribution in [2.45, 2.75) is 25.3 Å². The summed E-state index contributed by atoms with van der Waals surface area (Å²) in [6, 6.07) is 5.72. The number of halogens is 2. The number of benzene rings is 1. The molecule has 1 aliphatic heterocycles. The van der Waals surface area contributed by atoms with Gasteiger partial charge in [-0.05, 0) is 60.4 Å². The van der Waals surface area contributed by atoms with E-state index in [0.717, 1.165) is 34.0 Å². The molecule has 0 bridgehead atoms. The van der Waals surface area contributed by atoms with Crippen molar-refractivity contribution in [3.8, 4) is 0 Å². The minimum atomic E-state index is -0.443. The zero-order chi connectivity index (χ0) is 12.5. The first-order chi connectivity index (χ1) is 8.01. The van der Waals surface area contributed by atoms with Crippen molar-refractivity contribution in [3.05, 3.63) is 27.1 Å². The summed E-state index contributed by atoms with van der Waals surface area (Å²) in [7, 11) is 0. The van der Waals surface area contributed by atoms with E-state index in [4.69, 9.17) is 0 Å². The Balaban J connectivity index is 2.15. The van der Waals surface area contributed by atoms with Gasteiger partial charge >= 0.3 is 0 Å². The predicted octanol–water partition coefficient (Wildman–Crippen LogP) is 3.29. The molecule has 2 rings (SSSR count). The Labute approximate surface area is 118 Å². The van der Waals surface area contributed by atoms with Crippen molar-refractivity contribution < 1.29 is 4.79 Å². The van der Waals surface area contributed by atoms with Crippen molar-refractivity contribution >= 4 is 43.5 Å². The number of anilines is 1. The van der Waals surface area contributed by atoms with Gasteiger partial charge in [0.25, 0.3) is 0 Å². The fourth-order valence-corrected chi connectivity index (χ4v) is 2.65. The molecule has 1 aliphatic rings. The van der Waals surface area contributed by atoms with Crippen LogP contribution in [0.15, 0.2) is 27.1 Å². The molecule has 0 aromatic heterocycles. The SMILES string of the molecule is CC1(C(=O)Nc2cc(Br)ccc2Br)CCCN1. The summed E-state index contributed by atoms with van der Waals surface area (Å²) < 4.78 is 1.83. The number of rotatable bonds is 2. The molecule has 0 aliphatic carbocycles. The number of amides is 1. The molecule has 3 nitrogen and oxygen atoms in total. The van der Waals surface area contributed by atoms with Crippen molar-refractivity contribution in [3.63, 3.8) is 0 Å². The molecule has 1 saturated heterocycles. The quantitative estimate of drug-likeness (QED) is 0.848. The third kappa shape index (κ3) is 2.89. The molecule has 1 amide bonds. The molecule has 1 aromatic carbocycles. The van der Waals surface area contributed by atoms with E-state index in [9.17, 15) is 4.79 Å². The second kappa shape index (κ2) is 5.08. The third-order valence-corrected chi connectivity index (χ3v) is 4.23. The molecule has 0 saturated carbocycles. The predicted molar refractivity (Wildman–Crippen MR) is 76.1 cm³/mol. The Hall–Kier alpha value is -0.390. The van der Waals surface area contributed by atoms with Crippen LogP contribution in [0.25, 0.3) is 0 Å². The molecule has 0 spiro atoms. The van der Waals surface area contributed by atoms with Crippen LogP contribution in [0.5, 0.6) is 0 Å². The van der Waals surface area contributed by atoms with E-state index < -0.39 is 5.54 Å². The zero-order valence-corrected chi connectivity index (χ0v) is 12.7. The van der Waals surface area contributed by atoms with Crippen molar-refractivity contribution in [1.82, 2.24) is 5.32 Å². The van der Waals surface area contributed by atoms with Gasteiger partial charge in [-0.3, -0.25) is 4.79 Å². The molecule has 1 atom stereocenters. The maximum atomic E-state index is 12.2. The van der Waals surface area contributed by atoms with Gasteiger partial charge in [-0.25, -0.2) is 0 Å². The van der Waals surface area contributed by atoms with Crippen molar-refractivity contribution in [2.75, 3.05) is 11.9 Å². The molecule has 1 aromatic rings. The van der Waals surface area contributed by atoms with E-state index in [2.05, 4.69) is 42.5 Å². The van der Waals surface area contributed by atoms with E-state index in [1.165, 1.54) is 0 Å². The lowest BCUT2D eigenvalue weighted by Crippen LogP contribution is -2.48. The summed E-state index contributed by atoms with van der Waals surface area (Å²) in [5.74, 6) is 0.0220. The molecule has 1 unspecified atom stereocenters. The van der Waals surface area contributed by atoms with Gasteiger partial charge < -0.3 is 10.6 Å². The van der Waals surface area contributed by atoms with Gasteiger partial charge in [-0.1, -0.05) is 15.9 Å². The maximum absolute atomic E-state index is 12.2. The lowest BCUT2D eigenvalue weighted by molar-refractivity contribution is -0.121. The number of hydrogen-bond acceptors (Lipinski definition) is 2. The fraction of sp³-hybridized carbons (Fsp3) is 0.417. The molecule has 92 valence electrons. The van der Waals surface area contributed by atoms with Crippen molar-refractivity contribution in [2.24, 2.45) is 0 Å². The average molecular weight is 362 g/mol. The van der Waals surface area contributed by atoms with Crippen LogP contribution >= 0.6 is 31.9 Å². The molecule has 17 heavy (non-hydrogen) atoms. The lowest BCUT2D eigenvalue weighted by Gasteiger charge is -2.23. The minimum absolute atomic E-state index is 0.0220. The van der Waals surface area contributed by atoms with Crippen LogP contribution in [0.1, 0.15) is 19.8 Å². The van der Waals surface area contributed by atoms with E-state index in [1.807, 2.05) is 25.1 Å². The average Bonchev–Trinajstić information content (AvgIpc) is 2.72. The number of carbonyl (C=O) groups is 1. The number of hydrogen-bond donors (Lipinski definition) is 2. The summed E-state index contributed by atoms with van der Waals surface area (Å²) in [6.07, 6.45) is 1.92. The Bertz CT molecular complexity index is 442. The van der Waals surface area contributed by atoms with Crippen LogP contribution in [-0.4, -0.2) is 18.0 Å². The van der Waals surface area contributed by atoms with E-state index >= 15 is 0 Å². The zero-order valence-electron chi connectivity index (χ0n) is 9.52. The lowest BCUT2D eigenvalue weighted by atomic mass is 9.99. The molecular formula is C12H14Br2N2O. The molecule has 1 heterocycles. The topological polar surface area (TPSA) is 41.1 Å². The second-order valence-electron chi connectivity index (χ2n) is 4.44. The van der Waals surface area contributed by atoms with Gasteiger partial charge in [0, 0.05) is 8.95 Å². The molecule has 2 N–H and O–H groups in total.